The highest BCUT2D eigenvalue weighted by Crippen LogP contribution is 2.28. The fourth-order valence-corrected chi connectivity index (χ4v) is 2.66. The van der Waals surface area contributed by atoms with E-state index in [2.05, 4.69) is 4.99 Å². The Bertz CT molecular complexity index is 968. The molecule has 0 aliphatic carbocycles. The summed E-state index contributed by atoms with van der Waals surface area (Å²) in [4.78, 5) is 26.6. The van der Waals surface area contributed by atoms with Crippen molar-refractivity contribution in [2.45, 2.75) is 13.3 Å². The first-order valence-electron chi connectivity index (χ1n) is 8.18. The fraction of sp³-hybridized carbons (Fsp3) is 0.158. The topological polar surface area (TPSA) is 91.0 Å². The molecule has 0 radical (unpaired) electrons. The third-order valence-corrected chi connectivity index (χ3v) is 4.00. The molecule has 0 fully saturated rings. The highest BCUT2D eigenvalue weighted by molar-refractivity contribution is 6.34. The average Bonchev–Trinajstić information content (AvgIpc) is 3.01. The predicted molar refractivity (Wildman–Crippen MR) is 101 cm³/mol. The molecule has 7 nitrogen and oxygen atoms in total. The second-order valence-electron chi connectivity index (χ2n) is 5.64. The van der Waals surface area contributed by atoms with Gasteiger partial charge in [-0.3, -0.25) is 10.1 Å². The quantitative estimate of drug-likeness (QED) is 0.318. The molecule has 0 saturated carbocycles. The van der Waals surface area contributed by atoms with Crippen molar-refractivity contribution in [3.63, 3.8) is 0 Å². The summed E-state index contributed by atoms with van der Waals surface area (Å²) in [6.45, 7) is 2.55. The molecule has 27 heavy (non-hydrogen) atoms. The number of esters is 1. The number of benzene rings is 2. The number of hydrogen-bond acceptors (Lipinski definition) is 6. The molecule has 0 aromatic heterocycles. The maximum absolute atomic E-state index is 12.2. The van der Waals surface area contributed by atoms with Crippen LogP contribution in [0.2, 0.25) is 5.02 Å². The number of nitrogens with zero attached hydrogens (tertiary/aromatic N) is 2. The van der Waals surface area contributed by atoms with Crippen molar-refractivity contribution in [1.82, 2.24) is 0 Å². The van der Waals surface area contributed by atoms with E-state index in [1.165, 1.54) is 18.2 Å². The summed E-state index contributed by atoms with van der Waals surface area (Å²) in [6.07, 6.45) is 2.42. The van der Waals surface area contributed by atoms with Gasteiger partial charge >= 0.3 is 5.97 Å². The van der Waals surface area contributed by atoms with Gasteiger partial charge in [0, 0.05) is 17.7 Å². The van der Waals surface area contributed by atoms with Crippen molar-refractivity contribution < 1.29 is 19.2 Å². The van der Waals surface area contributed by atoms with Crippen LogP contribution in [0.1, 0.15) is 24.5 Å². The zero-order valence-corrected chi connectivity index (χ0v) is 15.1. The molecule has 1 aliphatic heterocycles. The Morgan fingerprint density at radius 1 is 1.30 bits per heavy atom. The normalized spacial score (nSPS) is 14.8. The molecule has 0 N–H and O–H groups in total. The van der Waals surface area contributed by atoms with Gasteiger partial charge in [0.05, 0.1) is 22.1 Å². The van der Waals surface area contributed by atoms with Crippen LogP contribution < -0.4 is 4.74 Å². The number of cyclic esters (lactones) is 1. The number of carbonyl (C=O) groups excluding carboxylic acids is 1. The highest BCUT2D eigenvalue weighted by Gasteiger charge is 2.26. The van der Waals surface area contributed by atoms with Crippen molar-refractivity contribution in [3.05, 3.63) is 74.4 Å². The lowest BCUT2D eigenvalue weighted by molar-refractivity contribution is -0.384. The Kier molecular flexibility index (Phi) is 5.52. The zero-order valence-electron chi connectivity index (χ0n) is 14.3. The molecular formula is C19H15ClN2O5. The molecule has 0 saturated heterocycles. The summed E-state index contributed by atoms with van der Waals surface area (Å²) in [7, 11) is 0. The molecule has 138 valence electrons. The van der Waals surface area contributed by atoms with Crippen LogP contribution in [-0.4, -0.2) is 23.4 Å². The summed E-state index contributed by atoms with van der Waals surface area (Å²) in [5.74, 6) is -0.000474. The largest absolute Gasteiger partial charge is 0.493 e. The van der Waals surface area contributed by atoms with Gasteiger partial charge in [-0.25, -0.2) is 9.79 Å². The van der Waals surface area contributed by atoms with Gasteiger partial charge in [-0.15, -0.1) is 0 Å². The minimum atomic E-state index is -0.635. The van der Waals surface area contributed by atoms with E-state index < -0.39 is 10.9 Å². The Morgan fingerprint density at radius 2 is 2.07 bits per heavy atom. The second-order valence-corrected chi connectivity index (χ2v) is 6.05. The van der Waals surface area contributed by atoms with Gasteiger partial charge < -0.3 is 9.47 Å². The van der Waals surface area contributed by atoms with Gasteiger partial charge in [0.2, 0.25) is 5.90 Å². The Labute approximate surface area is 160 Å². The third-order valence-electron chi connectivity index (χ3n) is 3.69. The van der Waals surface area contributed by atoms with Crippen molar-refractivity contribution in [1.29, 1.82) is 0 Å². The van der Waals surface area contributed by atoms with E-state index in [1.54, 1.807) is 18.2 Å². The minimum Gasteiger partial charge on any atom is -0.493 e. The van der Waals surface area contributed by atoms with Crippen LogP contribution in [0, 0.1) is 10.1 Å². The van der Waals surface area contributed by atoms with E-state index in [0.29, 0.717) is 23.5 Å². The van der Waals surface area contributed by atoms with E-state index in [-0.39, 0.29) is 22.3 Å². The summed E-state index contributed by atoms with van der Waals surface area (Å²) >= 11 is 6.08. The molecule has 8 heteroatoms. The monoisotopic (exact) mass is 386 g/mol. The number of rotatable bonds is 6. The predicted octanol–water partition coefficient (Wildman–Crippen LogP) is 4.38. The van der Waals surface area contributed by atoms with Crippen LogP contribution in [0.3, 0.4) is 0 Å². The number of aliphatic imine (C=N–C) groups is 1. The lowest BCUT2D eigenvalue weighted by atomic mass is 10.1. The maximum Gasteiger partial charge on any atom is 0.363 e. The first-order chi connectivity index (χ1) is 13.0. The van der Waals surface area contributed by atoms with Crippen molar-refractivity contribution in [3.8, 4) is 5.75 Å². The van der Waals surface area contributed by atoms with Crippen molar-refractivity contribution in [2.75, 3.05) is 6.61 Å². The Morgan fingerprint density at radius 3 is 2.78 bits per heavy atom. The third kappa shape index (κ3) is 4.15. The molecule has 3 rings (SSSR count). The van der Waals surface area contributed by atoms with Gasteiger partial charge in [0.15, 0.2) is 5.70 Å². The molecule has 2 aromatic carbocycles. The molecule has 1 aliphatic rings. The molecule has 1 heterocycles. The van der Waals surface area contributed by atoms with Crippen molar-refractivity contribution in [2.24, 2.45) is 4.99 Å². The molecule has 0 spiro atoms. The van der Waals surface area contributed by atoms with Crippen molar-refractivity contribution >= 4 is 35.2 Å². The maximum atomic E-state index is 12.2. The average molecular weight is 387 g/mol. The van der Waals surface area contributed by atoms with Crippen LogP contribution in [0.5, 0.6) is 5.75 Å². The van der Waals surface area contributed by atoms with Gasteiger partial charge in [0.25, 0.3) is 5.69 Å². The van der Waals surface area contributed by atoms with Crippen LogP contribution in [0.25, 0.3) is 6.08 Å². The summed E-state index contributed by atoms with van der Waals surface area (Å²) in [5, 5.41) is 10.9. The lowest BCUT2D eigenvalue weighted by Gasteiger charge is -2.07. The van der Waals surface area contributed by atoms with E-state index in [0.717, 1.165) is 6.42 Å². The van der Waals surface area contributed by atoms with Crippen LogP contribution >= 0.6 is 11.6 Å². The fourth-order valence-electron chi connectivity index (χ4n) is 2.41. The number of para-hydroxylation sites is 1. The SMILES string of the molecule is CCCOc1ccccc1/C=C1\N=C(c2ccc([N+](=O)[O-])cc2Cl)OC1=O. The molecule has 2 aromatic rings. The van der Waals surface area contributed by atoms with Gasteiger partial charge in [-0.05, 0) is 24.6 Å². The second kappa shape index (κ2) is 8.01. The van der Waals surface area contributed by atoms with E-state index >= 15 is 0 Å². The summed E-state index contributed by atoms with van der Waals surface area (Å²) in [6, 6.07) is 11.1. The molecular weight excluding hydrogens is 372 g/mol. The lowest BCUT2D eigenvalue weighted by Crippen LogP contribution is -2.06. The zero-order chi connectivity index (χ0) is 19.4. The number of ether oxygens (including phenoxy) is 2. The Balaban J connectivity index is 1.93. The number of nitro groups is 1. The standard InChI is InChI=1S/C19H15ClN2O5/c1-2-9-26-17-6-4-3-5-12(17)10-16-19(23)27-18(21-16)14-8-7-13(22(24)25)11-15(14)20/h3-8,10-11H,2,9H2,1H3/b16-10-. The molecule has 0 atom stereocenters. The summed E-state index contributed by atoms with van der Waals surface area (Å²) < 4.78 is 10.8. The van der Waals surface area contributed by atoms with Gasteiger partial charge in [-0.2, -0.15) is 0 Å². The van der Waals surface area contributed by atoms with Crippen LogP contribution in [0.4, 0.5) is 5.69 Å². The number of carbonyl (C=O) groups is 1. The first kappa shape index (κ1) is 18.6. The van der Waals surface area contributed by atoms with Crippen LogP contribution in [-0.2, 0) is 9.53 Å². The summed E-state index contributed by atoms with van der Waals surface area (Å²) in [5.41, 5.74) is 0.922. The Hall–Kier alpha value is -3.19. The number of non-ortho nitro benzene ring substituents is 1. The molecule has 0 amide bonds. The smallest absolute Gasteiger partial charge is 0.363 e. The number of hydrogen-bond donors (Lipinski definition) is 0. The van der Waals surface area contributed by atoms with Gasteiger partial charge in [-0.1, -0.05) is 36.7 Å². The van der Waals surface area contributed by atoms with E-state index in [1.807, 2.05) is 19.1 Å². The number of nitro benzene ring substituents is 1. The van der Waals surface area contributed by atoms with E-state index in [9.17, 15) is 14.9 Å². The first-order valence-corrected chi connectivity index (χ1v) is 8.56. The highest BCUT2D eigenvalue weighted by atomic mass is 35.5. The molecule has 0 bridgehead atoms. The number of halogens is 1. The molecule has 0 unspecified atom stereocenters. The van der Waals surface area contributed by atoms with Gasteiger partial charge in [0.1, 0.15) is 5.75 Å². The van der Waals surface area contributed by atoms with Crippen LogP contribution in [0.15, 0.2) is 53.2 Å². The minimum absolute atomic E-state index is 0.00175. The van der Waals surface area contributed by atoms with E-state index in [4.69, 9.17) is 21.1 Å².